The van der Waals surface area contributed by atoms with Gasteiger partial charge in [0.2, 0.25) is 0 Å². The summed E-state index contributed by atoms with van der Waals surface area (Å²) in [6.45, 7) is 1.98. The average Bonchev–Trinajstić information content (AvgIpc) is 2.14. The third-order valence-corrected chi connectivity index (χ3v) is 2.86. The van der Waals surface area contributed by atoms with E-state index in [0.29, 0.717) is 10.0 Å². The highest BCUT2D eigenvalue weighted by molar-refractivity contribution is 6.35. The monoisotopic (exact) mass is 246 g/mol. The van der Waals surface area contributed by atoms with Gasteiger partial charge in [-0.3, -0.25) is 0 Å². The van der Waals surface area contributed by atoms with E-state index in [2.05, 4.69) is 5.32 Å². The summed E-state index contributed by atoms with van der Waals surface area (Å²) in [5.74, 6) is 0. The van der Waals surface area contributed by atoms with E-state index in [4.69, 9.17) is 28.9 Å². The van der Waals surface area contributed by atoms with Crippen molar-refractivity contribution in [1.29, 1.82) is 0 Å². The van der Waals surface area contributed by atoms with Crippen molar-refractivity contribution in [2.24, 2.45) is 5.73 Å². The number of hydrogen-bond donors (Lipinski definition) is 2. The van der Waals surface area contributed by atoms with Gasteiger partial charge in [-0.1, -0.05) is 29.3 Å². The number of halogens is 2. The van der Waals surface area contributed by atoms with Crippen LogP contribution < -0.4 is 11.1 Å². The van der Waals surface area contributed by atoms with Crippen molar-refractivity contribution in [3.63, 3.8) is 0 Å². The van der Waals surface area contributed by atoms with E-state index in [0.717, 1.165) is 12.0 Å². The molecule has 0 spiro atoms. The fourth-order valence-electron chi connectivity index (χ4n) is 1.56. The molecule has 0 aliphatic rings. The lowest BCUT2D eigenvalue weighted by atomic mass is 10.0. The highest BCUT2D eigenvalue weighted by atomic mass is 35.5. The Morgan fingerprint density at radius 2 is 2.07 bits per heavy atom. The third kappa shape index (κ3) is 3.65. The first kappa shape index (κ1) is 12.8. The van der Waals surface area contributed by atoms with Crippen LogP contribution in [0, 0.1) is 0 Å². The molecule has 4 heteroatoms. The molecule has 0 aliphatic heterocycles. The summed E-state index contributed by atoms with van der Waals surface area (Å²) in [7, 11) is 1.90. The van der Waals surface area contributed by atoms with Crippen LogP contribution in [0.15, 0.2) is 18.2 Å². The van der Waals surface area contributed by atoms with Gasteiger partial charge < -0.3 is 11.1 Å². The van der Waals surface area contributed by atoms with E-state index < -0.39 is 0 Å². The zero-order valence-electron chi connectivity index (χ0n) is 8.93. The van der Waals surface area contributed by atoms with Crippen LogP contribution in [0.2, 0.25) is 10.0 Å². The minimum Gasteiger partial charge on any atom is -0.328 e. The average molecular weight is 247 g/mol. The van der Waals surface area contributed by atoms with Crippen LogP contribution in [-0.2, 0) is 0 Å². The normalized spacial score (nSPS) is 15.0. The SMILES string of the molecule is CNC(CC(C)N)c1ccc(Cl)cc1Cl. The second-order valence-corrected chi connectivity index (χ2v) is 4.56. The number of benzene rings is 1. The lowest BCUT2D eigenvalue weighted by Gasteiger charge is -2.20. The molecule has 0 aliphatic carbocycles. The van der Waals surface area contributed by atoms with Crippen LogP contribution in [0.4, 0.5) is 0 Å². The standard InChI is InChI=1S/C11H16Cl2N2/c1-7(14)5-11(15-2)9-4-3-8(12)6-10(9)13/h3-4,6-7,11,15H,5,14H2,1-2H3. The lowest BCUT2D eigenvalue weighted by molar-refractivity contribution is 0.499. The molecule has 0 fully saturated rings. The largest absolute Gasteiger partial charge is 0.328 e. The van der Waals surface area contributed by atoms with Gasteiger partial charge in [-0.15, -0.1) is 0 Å². The van der Waals surface area contributed by atoms with Gasteiger partial charge in [-0.05, 0) is 38.1 Å². The minimum absolute atomic E-state index is 0.134. The molecule has 2 nitrogen and oxygen atoms in total. The van der Waals surface area contributed by atoms with Crippen LogP contribution in [0.5, 0.6) is 0 Å². The van der Waals surface area contributed by atoms with Gasteiger partial charge >= 0.3 is 0 Å². The van der Waals surface area contributed by atoms with Crippen LogP contribution in [0.3, 0.4) is 0 Å². The van der Waals surface area contributed by atoms with Crippen molar-refractivity contribution in [3.05, 3.63) is 33.8 Å². The second kappa shape index (κ2) is 5.71. The van der Waals surface area contributed by atoms with Gasteiger partial charge in [-0.2, -0.15) is 0 Å². The van der Waals surface area contributed by atoms with Gasteiger partial charge in [0, 0.05) is 22.1 Å². The van der Waals surface area contributed by atoms with Crippen LogP contribution in [0.1, 0.15) is 24.9 Å². The van der Waals surface area contributed by atoms with Gasteiger partial charge in [0.1, 0.15) is 0 Å². The van der Waals surface area contributed by atoms with Gasteiger partial charge in [0.25, 0.3) is 0 Å². The molecule has 0 amide bonds. The van der Waals surface area contributed by atoms with Crippen molar-refractivity contribution in [2.45, 2.75) is 25.4 Å². The van der Waals surface area contributed by atoms with E-state index in [1.807, 2.05) is 26.1 Å². The molecule has 1 aromatic carbocycles. The summed E-state index contributed by atoms with van der Waals surface area (Å²) in [5.41, 5.74) is 6.82. The molecular weight excluding hydrogens is 231 g/mol. The molecule has 1 rings (SSSR count). The highest BCUT2D eigenvalue weighted by Gasteiger charge is 2.14. The molecule has 0 saturated carbocycles. The summed E-state index contributed by atoms with van der Waals surface area (Å²) in [5, 5.41) is 4.54. The number of rotatable bonds is 4. The van der Waals surface area contributed by atoms with Gasteiger partial charge in [0.15, 0.2) is 0 Å². The molecule has 0 saturated heterocycles. The Kier molecular flexibility index (Phi) is 4.87. The van der Waals surface area contributed by atoms with Crippen molar-refractivity contribution in [1.82, 2.24) is 5.32 Å². The second-order valence-electron chi connectivity index (χ2n) is 3.72. The minimum atomic E-state index is 0.134. The summed E-state index contributed by atoms with van der Waals surface area (Å²) in [6, 6.07) is 5.84. The third-order valence-electron chi connectivity index (χ3n) is 2.29. The summed E-state index contributed by atoms with van der Waals surface area (Å²) in [4.78, 5) is 0. The highest BCUT2D eigenvalue weighted by Crippen LogP contribution is 2.28. The number of hydrogen-bond acceptors (Lipinski definition) is 2. The molecule has 0 bridgehead atoms. The van der Waals surface area contributed by atoms with Crippen LogP contribution in [-0.4, -0.2) is 13.1 Å². The van der Waals surface area contributed by atoms with E-state index in [1.54, 1.807) is 6.07 Å². The Morgan fingerprint density at radius 3 is 2.53 bits per heavy atom. The molecule has 3 N–H and O–H groups in total. The quantitative estimate of drug-likeness (QED) is 0.858. The molecule has 0 heterocycles. The summed E-state index contributed by atoms with van der Waals surface area (Å²) in [6.07, 6.45) is 0.845. The van der Waals surface area contributed by atoms with Crippen molar-refractivity contribution >= 4 is 23.2 Å². The molecular formula is C11H16Cl2N2. The van der Waals surface area contributed by atoms with Crippen LogP contribution >= 0.6 is 23.2 Å². The maximum absolute atomic E-state index is 6.12. The molecule has 2 unspecified atom stereocenters. The molecule has 15 heavy (non-hydrogen) atoms. The summed E-state index contributed by atoms with van der Waals surface area (Å²) < 4.78 is 0. The van der Waals surface area contributed by atoms with Crippen LogP contribution in [0.25, 0.3) is 0 Å². The summed E-state index contributed by atoms with van der Waals surface area (Å²) >= 11 is 12.0. The fourth-order valence-corrected chi connectivity index (χ4v) is 2.10. The van der Waals surface area contributed by atoms with E-state index >= 15 is 0 Å². The van der Waals surface area contributed by atoms with E-state index in [9.17, 15) is 0 Å². The Morgan fingerprint density at radius 1 is 1.40 bits per heavy atom. The molecule has 1 aromatic rings. The Balaban J connectivity index is 2.91. The van der Waals surface area contributed by atoms with E-state index in [-0.39, 0.29) is 12.1 Å². The van der Waals surface area contributed by atoms with E-state index in [1.165, 1.54) is 0 Å². The molecule has 0 aromatic heterocycles. The maximum Gasteiger partial charge on any atom is 0.0468 e. The maximum atomic E-state index is 6.12. The first-order valence-electron chi connectivity index (χ1n) is 4.92. The topological polar surface area (TPSA) is 38.0 Å². The zero-order valence-corrected chi connectivity index (χ0v) is 10.4. The number of nitrogens with two attached hydrogens (primary N) is 1. The predicted molar refractivity (Wildman–Crippen MR) is 66.5 cm³/mol. The van der Waals surface area contributed by atoms with Crippen molar-refractivity contribution in [3.8, 4) is 0 Å². The first-order chi connectivity index (χ1) is 7.04. The van der Waals surface area contributed by atoms with Gasteiger partial charge in [0.05, 0.1) is 0 Å². The fraction of sp³-hybridized carbons (Fsp3) is 0.455. The van der Waals surface area contributed by atoms with Crippen molar-refractivity contribution in [2.75, 3.05) is 7.05 Å². The Bertz CT molecular complexity index is 326. The molecule has 0 radical (unpaired) electrons. The molecule has 84 valence electrons. The Hall–Kier alpha value is -0.280. The Labute approximate surface area is 101 Å². The lowest BCUT2D eigenvalue weighted by Crippen LogP contribution is -2.25. The first-order valence-corrected chi connectivity index (χ1v) is 5.68. The predicted octanol–water partition coefficient (Wildman–Crippen LogP) is 2.99. The van der Waals surface area contributed by atoms with Gasteiger partial charge in [-0.25, -0.2) is 0 Å². The smallest absolute Gasteiger partial charge is 0.0468 e. The van der Waals surface area contributed by atoms with Crippen molar-refractivity contribution < 1.29 is 0 Å². The number of nitrogens with one attached hydrogen (secondary N) is 1. The zero-order chi connectivity index (χ0) is 11.4. The molecule has 2 atom stereocenters.